The summed E-state index contributed by atoms with van der Waals surface area (Å²) in [5, 5.41) is 2.46. The lowest BCUT2D eigenvalue weighted by molar-refractivity contribution is 0.226. The van der Waals surface area contributed by atoms with Crippen LogP contribution in [0.1, 0.15) is 34.3 Å². The maximum atomic E-state index is 6.85. The van der Waals surface area contributed by atoms with E-state index in [1.165, 1.54) is 44.2 Å². The Morgan fingerprint density at radius 2 is 1.02 bits per heavy atom. The second-order valence-electron chi connectivity index (χ2n) is 13.1. The fourth-order valence-electron chi connectivity index (χ4n) is 7.65. The first-order valence-corrected chi connectivity index (χ1v) is 17.3. The molecule has 0 N–H and O–H groups in total. The minimum atomic E-state index is -0.110. The molecule has 2 atom stereocenters. The first-order chi connectivity index (χ1) is 25.3. The third-order valence-electron chi connectivity index (χ3n) is 10.1. The SMILES string of the molecule is C1=C(c2ccccc2)C2c3ccc(-c4nc(-c5ccccc5)nc(-c5ccc(-c6cccc7ccccc67)cc5)n4)cc3OC2c2ccccc21. The Morgan fingerprint density at radius 1 is 0.431 bits per heavy atom. The molecule has 0 fully saturated rings. The van der Waals surface area contributed by atoms with Crippen LogP contribution in [-0.2, 0) is 0 Å². The van der Waals surface area contributed by atoms with Crippen molar-refractivity contribution >= 4 is 22.4 Å². The average Bonchev–Trinajstić information content (AvgIpc) is 3.60. The van der Waals surface area contributed by atoms with Gasteiger partial charge in [0.2, 0.25) is 0 Å². The molecule has 0 spiro atoms. The van der Waals surface area contributed by atoms with E-state index in [-0.39, 0.29) is 12.0 Å². The Kier molecular flexibility index (Phi) is 6.91. The Labute approximate surface area is 296 Å². The van der Waals surface area contributed by atoms with Crippen LogP contribution in [0.2, 0.25) is 0 Å². The predicted octanol–water partition coefficient (Wildman–Crippen LogP) is 11.5. The van der Waals surface area contributed by atoms with Crippen molar-refractivity contribution in [2.24, 2.45) is 0 Å². The molecule has 1 aliphatic carbocycles. The third-order valence-corrected chi connectivity index (χ3v) is 10.1. The van der Waals surface area contributed by atoms with Gasteiger partial charge in [0.05, 0.1) is 5.92 Å². The highest BCUT2D eigenvalue weighted by molar-refractivity contribution is 5.97. The van der Waals surface area contributed by atoms with Gasteiger partial charge in [0, 0.05) is 27.8 Å². The highest BCUT2D eigenvalue weighted by Crippen LogP contribution is 2.56. The molecule has 0 saturated carbocycles. The van der Waals surface area contributed by atoms with Gasteiger partial charge in [-0.3, -0.25) is 0 Å². The van der Waals surface area contributed by atoms with Crippen LogP contribution in [0.3, 0.4) is 0 Å². The van der Waals surface area contributed by atoms with Gasteiger partial charge in [0.15, 0.2) is 17.5 Å². The second-order valence-corrected chi connectivity index (χ2v) is 13.1. The summed E-state index contributed by atoms with van der Waals surface area (Å²) < 4.78 is 6.85. The summed E-state index contributed by atoms with van der Waals surface area (Å²) in [6.07, 6.45) is 2.22. The smallest absolute Gasteiger partial charge is 0.164 e. The summed E-state index contributed by atoms with van der Waals surface area (Å²) in [7, 11) is 0. The van der Waals surface area contributed by atoms with Crippen LogP contribution in [0.25, 0.3) is 67.7 Å². The molecule has 0 radical (unpaired) electrons. The second kappa shape index (κ2) is 12.0. The van der Waals surface area contributed by atoms with Crippen molar-refractivity contribution < 1.29 is 4.74 Å². The number of rotatable bonds is 5. The number of nitrogens with zero attached hydrogens (tertiary/aromatic N) is 3. The molecule has 4 nitrogen and oxygen atoms in total. The van der Waals surface area contributed by atoms with E-state index < -0.39 is 0 Å². The van der Waals surface area contributed by atoms with E-state index in [1.807, 2.05) is 30.3 Å². The van der Waals surface area contributed by atoms with E-state index in [1.54, 1.807) is 0 Å². The zero-order chi connectivity index (χ0) is 33.7. The number of fused-ring (bicyclic) bond motifs is 6. The maximum absolute atomic E-state index is 6.85. The quantitative estimate of drug-likeness (QED) is 0.185. The third kappa shape index (κ3) is 5.12. The van der Waals surface area contributed by atoms with Crippen molar-refractivity contribution in [1.82, 2.24) is 15.0 Å². The van der Waals surface area contributed by atoms with Crippen LogP contribution in [0, 0.1) is 0 Å². The van der Waals surface area contributed by atoms with Gasteiger partial charge in [-0.15, -0.1) is 0 Å². The highest BCUT2D eigenvalue weighted by atomic mass is 16.5. The van der Waals surface area contributed by atoms with Crippen LogP contribution in [0.4, 0.5) is 0 Å². The molecule has 10 rings (SSSR count). The first-order valence-electron chi connectivity index (χ1n) is 17.3. The van der Waals surface area contributed by atoms with E-state index in [4.69, 9.17) is 19.7 Å². The van der Waals surface area contributed by atoms with E-state index in [2.05, 4.69) is 146 Å². The summed E-state index contributed by atoms with van der Waals surface area (Å²) in [4.78, 5) is 15.1. The minimum Gasteiger partial charge on any atom is -0.484 e. The van der Waals surface area contributed by atoms with E-state index in [0.29, 0.717) is 17.5 Å². The molecule has 2 unspecified atom stereocenters. The monoisotopic (exact) mass is 653 g/mol. The van der Waals surface area contributed by atoms with Crippen LogP contribution >= 0.6 is 0 Å². The number of hydrogen-bond donors (Lipinski definition) is 0. The lowest BCUT2D eigenvalue weighted by atomic mass is 9.76. The van der Waals surface area contributed by atoms with Crippen LogP contribution < -0.4 is 4.74 Å². The molecule has 4 heteroatoms. The zero-order valence-corrected chi connectivity index (χ0v) is 27.6. The first kappa shape index (κ1) is 29.3. The highest BCUT2D eigenvalue weighted by Gasteiger charge is 2.41. The largest absolute Gasteiger partial charge is 0.484 e. The lowest BCUT2D eigenvalue weighted by Crippen LogP contribution is -2.16. The van der Waals surface area contributed by atoms with Crippen LogP contribution in [0.5, 0.6) is 5.75 Å². The minimum absolute atomic E-state index is 0.0837. The van der Waals surface area contributed by atoms with Crippen LogP contribution in [0.15, 0.2) is 170 Å². The molecule has 2 aliphatic rings. The van der Waals surface area contributed by atoms with Crippen molar-refractivity contribution in [2.75, 3.05) is 0 Å². The fraction of sp³-hybridized carbons (Fsp3) is 0.0426. The van der Waals surface area contributed by atoms with Crippen molar-refractivity contribution in [3.63, 3.8) is 0 Å². The standard InChI is InChI=1S/C47H31N3O/c1-3-12-31(13-4-1)41-28-35-17-8-10-20-39(35)44-43(41)40-27-26-36(29-42(40)51-44)47-49-45(33-15-5-2-6-16-33)48-46(50-47)34-24-22-32(23-25-34)38-21-11-18-30-14-7-9-19-37(30)38/h1-29,43-44H. The Bertz CT molecular complexity index is 2610. The van der Waals surface area contributed by atoms with Gasteiger partial charge in [-0.2, -0.15) is 0 Å². The number of aromatic nitrogens is 3. The summed E-state index contributed by atoms with van der Waals surface area (Å²) in [5.41, 5.74) is 11.2. The van der Waals surface area contributed by atoms with E-state index >= 15 is 0 Å². The predicted molar refractivity (Wildman–Crippen MR) is 206 cm³/mol. The van der Waals surface area contributed by atoms with Crippen molar-refractivity contribution in [2.45, 2.75) is 12.0 Å². The Hall–Kier alpha value is -6.65. The van der Waals surface area contributed by atoms with Gasteiger partial charge in [-0.1, -0.05) is 164 Å². The zero-order valence-electron chi connectivity index (χ0n) is 27.6. The molecule has 240 valence electrons. The summed E-state index contributed by atoms with van der Waals surface area (Å²) in [6.45, 7) is 0. The Balaban J connectivity index is 1.06. The number of hydrogen-bond acceptors (Lipinski definition) is 4. The fourth-order valence-corrected chi connectivity index (χ4v) is 7.65. The molecule has 1 aliphatic heterocycles. The molecule has 0 saturated heterocycles. The van der Waals surface area contributed by atoms with Gasteiger partial charge in [-0.25, -0.2) is 15.0 Å². The molecular formula is C47H31N3O. The topological polar surface area (TPSA) is 47.9 Å². The molecule has 2 heterocycles. The summed E-state index contributed by atoms with van der Waals surface area (Å²) in [6, 6.07) is 59.2. The van der Waals surface area contributed by atoms with Crippen molar-refractivity contribution in [1.29, 1.82) is 0 Å². The van der Waals surface area contributed by atoms with Gasteiger partial charge in [-0.05, 0) is 50.7 Å². The molecule has 8 aromatic rings. The summed E-state index contributed by atoms with van der Waals surface area (Å²) in [5.74, 6) is 2.82. The van der Waals surface area contributed by atoms with Gasteiger partial charge >= 0.3 is 0 Å². The number of benzene rings is 7. The van der Waals surface area contributed by atoms with Gasteiger partial charge in [0.25, 0.3) is 0 Å². The van der Waals surface area contributed by atoms with Crippen molar-refractivity contribution in [3.05, 3.63) is 192 Å². The Morgan fingerprint density at radius 3 is 1.80 bits per heavy atom. The van der Waals surface area contributed by atoms with E-state index in [9.17, 15) is 0 Å². The van der Waals surface area contributed by atoms with Gasteiger partial charge < -0.3 is 4.74 Å². The van der Waals surface area contributed by atoms with Crippen LogP contribution in [-0.4, -0.2) is 15.0 Å². The summed E-state index contributed by atoms with van der Waals surface area (Å²) >= 11 is 0. The lowest BCUT2D eigenvalue weighted by Gasteiger charge is -2.28. The molecular weight excluding hydrogens is 623 g/mol. The maximum Gasteiger partial charge on any atom is 0.164 e. The molecule has 0 bridgehead atoms. The molecule has 1 aromatic heterocycles. The molecule has 51 heavy (non-hydrogen) atoms. The number of ether oxygens (including phenoxy) is 1. The van der Waals surface area contributed by atoms with E-state index in [0.717, 1.165) is 28.0 Å². The van der Waals surface area contributed by atoms with Crippen molar-refractivity contribution in [3.8, 4) is 51.0 Å². The molecule has 7 aromatic carbocycles. The molecule has 0 amide bonds. The van der Waals surface area contributed by atoms with Gasteiger partial charge in [0.1, 0.15) is 11.9 Å². The average molecular weight is 654 g/mol. The normalized spacial score (nSPS) is 15.7.